The van der Waals surface area contributed by atoms with E-state index < -0.39 is 5.63 Å². The molecule has 0 N–H and O–H groups in total. The van der Waals surface area contributed by atoms with Crippen molar-refractivity contribution in [2.75, 3.05) is 21.3 Å². The van der Waals surface area contributed by atoms with Crippen molar-refractivity contribution >= 4 is 11.0 Å². The van der Waals surface area contributed by atoms with Gasteiger partial charge in [0.1, 0.15) is 6.07 Å². The Hall–Kier alpha value is -2.68. The van der Waals surface area contributed by atoms with Gasteiger partial charge in [-0.1, -0.05) is 0 Å². The number of nitrogens with zero attached hydrogens (tertiary/aromatic N) is 1. The summed E-state index contributed by atoms with van der Waals surface area (Å²) in [6, 6.07) is 5.05. The van der Waals surface area contributed by atoms with Crippen LogP contribution in [0.4, 0.5) is 0 Å². The predicted molar refractivity (Wildman–Crippen MR) is 66.9 cm³/mol. The Labute approximate surface area is 108 Å². The number of hydrogen-bond acceptors (Lipinski definition) is 6. The standard InChI is InChI=1S/C13H11NO5/c1-16-9-5-4-7-10(17-2)8(6-14)13(15)19-11(7)12(9)18-3/h4-5H,1-3H3. The topological polar surface area (TPSA) is 81.7 Å². The molecule has 1 aromatic carbocycles. The number of fused-ring (bicyclic) bond motifs is 1. The van der Waals surface area contributed by atoms with Crippen LogP contribution in [0.15, 0.2) is 21.3 Å². The fourth-order valence-electron chi connectivity index (χ4n) is 1.86. The van der Waals surface area contributed by atoms with E-state index in [1.165, 1.54) is 21.3 Å². The lowest BCUT2D eigenvalue weighted by Crippen LogP contribution is -2.07. The Morgan fingerprint density at radius 3 is 2.32 bits per heavy atom. The number of rotatable bonds is 3. The van der Waals surface area contributed by atoms with Crippen LogP contribution in [0, 0.1) is 11.3 Å². The lowest BCUT2D eigenvalue weighted by Gasteiger charge is -2.11. The van der Waals surface area contributed by atoms with E-state index in [4.69, 9.17) is 23.9 Å². The number of methoxy groups -OCH3 is 3. The molecule has 1 aromatic heterocycles. The SMILES string of the molecule is COc1ccc2c(OC)c(C#N)c(=O)oc2c1OC. The first-order valence-electron chi connectivity index (χ1n) is 5.33. The van der Waals surface area contributed by atoms with Gasteiger partial charge in [0, 0.05) is 0 Å². The molecule has 0 atom stereocenters. The van der Waals surface area contributed by atoms with Crippen LogP contribution in [0.3, 0.4) is 0 Å². The van der Waals surface area contributed by atoms with Crippen LogP contribution < -0.4 is 19.8 Å². The molecule has 0 aliphatic heterocycles. The van der Waals surface area contributed by atoms with E-state index in [9.17, 15) is 4.79 Å². The zero-order chi connectivity index (χ0) is 14.0. The zero-order valence-corrected chi connectivity index (χ0v) is 10.6. The average Bonchev–Trinajstić information content (AvgIpc) is 2.44. The minimum absolute atomic E-state index is 0.162. The molecule has 0 saturated carbocycles. The van der Waals surface area contributed by atoms with Crippen LogP contribution in [-0.4, -0.2) is 21.3 Å². The minimum Gasteiger partial charge on any atom is -0.494 e. The van der Waals surface area contributed by atoms with Crippen LogP contribution in [-0.2, 0) is 0 Å². The summed E-state index contributed by atoms with van der Waals surface area (Å²) in [5.74, 6) is 0.861. The summed E-state index contributed by atoms with van der Waals surface area (Å²) in [7, 11) is 4.29. The highest BCUT2D eigenvalue weighted by molar-refractivity contribution is 5.91. The molecule has 1 heterocycles. The molecule has 19 heavy (non-hydrogen) atoms. The smallest absolute Gasteiger partial charge is 0.358 e. The van der Waals surface area contributed by atoms with E-state index in [-0.39, 0.29) is 22.6 Å². The van der Waals surface area contributed by atoms with Crippen molar-refractivity contribution in [3.05, 3.63) is 28.1 Å². The zero-order valence-electron chi connectivity index (χ0n) is 10.6. The third-order valence-electron chi connectivity index (χ3n) is 2.69. The summed E-state index contributed by atoms with van der Waals surface area (Å²) in [5, 5.41) is 9.44. The quantitative estimate of drug-likeness (QED) is 0.782. The fourth-order valence-corrected chi connectivity index (χ4v) is 1.86. The van der Waals surface area contributed by atoms with Crippen molar-refractivity contribution in [2.24, 2.45) is 0 Å². The van der Waals surface area contributed by atoms with E-state index in [0.717, 1.165) is 0 Å². The Kier molecular flexibility index (Phi) is 3.29. The molecule has 0 unspecified atom stereocenters. The van der Waals surface area contributed by atoms with E-state index in [0.29, 0.717) is 11.1 Å². The summed E-state index contributed by atoms with van der Waals surface area (Å²) in [6.45, 7) is 0. The molecule has 0 spiro atoms. The van der Waals surface area contributed by atoms with Crippen molar-refractivity contribution in [1.82, 2.24) is 0 Å². The normalized spacial score (nSPS) is 10.0. The number of benzene rings is 1. The van der Waals surface area contributed by atoms with E-state index >= 15 is 0 Å². The monoisotopic (exact) mass is 261 g/mol. The van der Waals surface area contributed by atoms with Crippen molar-refractivity contribution in [3.63, 3.8) is 0 Å². The van der Waals surface area contributed by atoms with Gasteiger partial charge in [-0.15, -0.1) is 0 Å². The van der Waals surface area contributed by atoms with Gasteiger partial charge in [0.2, 0.25) is 5.75 Å². The van der Waals surface area contributed by atoms with Gasteiger partial charge in [0.15, 0.2) is 22.6 Å². The van der Waals surface area contributed by atoms with Crippen molar-refractivity contribution in [2.45, 2.75) is 0 Å². The maximum absolute atomic E-state index is 11.7. The molecule has 2 rings (SSSR count). The van der Waals surface area contributed by atoms with Gasteiger partial charge in [0.05, 0.1) is 26.7 Å². The second-order valence-corrected chi connectivity index (χ2v) is 3.59. The molecule has 0 saturated heterocycles. The number of hydrogen-bond donors (Lipinski definition) is 0. The van der Waals surface area contributed by atoms with Crippen LogP contribution in [0.1, 0.15) is 5.56 Å². The number of ether oxygens (including phenoxy) is 3. The first kappa shape index (κ1) is 12.8. The maximum Gasteiger partial charge on any atom is 0.358 e. The maximum atomic E-state index is 11.7. The molecule has 0 amide bonds. The molecule has 6 nitrogen and oxygen atoms in total. The van der Waals surface area contributed by atoms with Crippen molar-refractivity contribution < 1.29 is 18.6 Å². The van der Waals surface area contributed by atoms with Gasteiger partial charge >= 0.3 is 5.63 Å². The van der Waals surface area contributed by atoms with E-state index in [1.54, 1.807) is 18.2 Å². The van der Waals surface area contributed by atoms with Gasteiger partial charge in [-0.05, 0) is 12.1 Å². The summed E-state index contributed by atoms with van der Waals surface area (Å²) in [4.78, 5) is 11.7. The lowest BCUT2D eigenvalue weighted by atomic mass is 10.1. The summed E-state index contributed by atoms with van der Waals surface area (Å²) < 4.78 is 20.6. The van der Waals surface area contributed by atoms with Gasteiger partial charge in [-0.25, -0.2) is 4.79 Å². The molecule has 0 aliphatic rings. The Bertz CT molecular complexity index is 726. The first-order valence-corrected chi connectivity index (χ1v) is 5.33. The van der Waals surface area contributed by atoms with Crippen LogP contribution in [0.25, 0.3) is 11.0 Å². The molecular weight excluding hydrogens is 250 g/mol. The fraction of sp³-hybridized carbons (Fsp3) is 0.231. The molecule has 0 aliphatic carbocycles. The van der Waals surface area contributed by atoms with Crippen LogP contribution in [0.2, 0.25) is 0 Å². The Morgan fingerprint density at radius 2 is 1.79 bits per heavy atom. The van der Waals surface area contributed by atoms with Crippen LogP contribution in [0.5, 0.6) is 17.2 Å². The Balaban J connectivity index is 2.98. The summed E-state index contributed by atoms with van der Waals surface area (Å²) >= 11 is 0. The highest BCUT2D eigenvalue weighted by Crippen LogP contribution is 2.38. The van der Waals surface area contributed by atoms with Gasteiger partial charge in [0.25, 0.3) is 0 Å². The Morgan fingerprint density at radius 1 is 1.11 bits per heavy atom. The molecule has 2 aromatic rings. The highest BCUT2D eigenvalue weighted by Gasteiger charge is 2.20. The van der Waals surface area contributed by atoms with Gasteiger partial charge < -0.3 is 18.6 Å². The van der Waals surface area contributed by atoms with E-state index in [2.05, 4.69) is 0 Å². The van der Waals surface area contributed by atoms with Crippen molar-refractivity contribution in [3.8, 4) is 23.3 Å². The molecule has 0 radical (unpaired) electrons. The van der Waals surface area contributed by atoms with Crippen molar-refractivity contribution in [1.29, 1.82) is 5.26 Å². The molecule has 98 valence electrons. The third kappa shape index (κ3) is 1.85. The molecular formula is C13H11NO5. The first-order chi connectivity index (χ1) is 9.17. The number of nitriles is 1. The third-order valence-corrected chi connectivity index (χ3v) is 2.69. The molecule has 0 bridgehead atoms. The summed E-state index contributed by atoms with van der Waals surface area (Å²) in [6.07, 6.45) is 0. The predicted octanol–water partition coefficient (Wildman–Crippen LogP) is 1.69. The lowest BCUT2D eigenvalue weighted by molar-refractivity contribution is 0.350. The van der Waals surface area contributed by atoms with Crippen LogP contribution >= 0.6 is 0 Å². The molecule has 6 heteroatoms. The second kappa shape index (κ2) is 4.90. The largest absolute Gasteiger partial charge is 0.494 e. The summed E-state index contributed by atoms with van der Waals surface area (Å²) in [5.41, 5.74) is -0.775. The highest BCUT2D eigenvalue weighted by atomic mass is 16.5. The minimum atomic E-state index is -0.779. The van der Waals surface area contributed by atoms with E-state index in [1.807, 2.05) is 0 Å². The second-order valence-electron chi connectivity index (χ2n) is 3.59. The van der Waals surface area contributed by atoms with Gasteiger partial charge in [-0.2, -0.15) is 5.26 Å². The van der Waals surface area contributed by atoms with Gasteiger partial charge in [-0.3, -0.25) is 0 Å². The molecule has 0 fully saturated rings. The average molecular weight is 261 g/mol.